The molecule has 0 aromatic heterocycles. The second-order valence-corrected chi connectivity index (χ2v) is 5.11. The molecule has 7 heteroatoms. The van der Waals surface area contributed by atoms with Crippen molar-refractivity contribution < 1.29 is 19.1 Å². The molecule has 1 saturated heterocycles. The first-order valence-corrected chi connectivity index (χ1v) is 6.46. The Kier molecular flexibility index (Phi) is 2.42. The van der Waals surface area contributed by atoms with E-state index >= 15 is 0 Å². The van der Waals surface area contributed by atoms with Gasteiger partial charge in [0, 0.05) is 17.9 Å². The van der Waals surface area contributed by atoms with Crippen molar-refractivity contribution in [3.05, 3.63) is 11.3 Å². The highest BCUT2D eigenvalue weighted by Gasteiger charge is 2.55. The highest BCUT2D eigenvalue weighted by Crippen LogP contribution is 2.43. The van der Waals surface area contributed by atoms with Crippen LogP contribution < -0.4 is 5.73 Å². The van der Waals surface area contributed by atoms with Crippen molar-refractivity contribution in [2.45, 2.75) is 24.6 Å². The first-order valence-electron chi connectivity index (χ1n) is 5.41. The predicted molar refractivity (Wildman–Crippen MR) is 59.6 cm³/mol. The molecule has 0 saturated carbocycles. The quantitative estimate of drug-likeness (QED) is 0.525. The third-order valence-electron chi connectivity index (χ3n) is 3.05. The van der Waals surface area contributed by atoms with Crippen LogP contribution in [0.5, 0.6) is 0 Å². The van der Waals surface area contributed by atoms with Gasteiger partial charge in [-0.2, -0.15) is 0 Å². The first-order chi connectivity index (χ1) is 8.15. The Bertz CT molecular complexity index is 436. The van der Waals surface area contributed by atoms with E-state index in [2.05, 4.69) is 0 Å². The molecule has 0 aliphatic carbocycles. The van der Waals surface area contributed by atoms with Gasteiger partial charge in [0.1, 0.15) is 17.1 Å². The summed E-state index contributed by atoms with van der Waals surface area (Å²) in [6, 6.07) is -0.506. The number of hydrogen-bond donors (Lipinski definition) is 1. The third-order valence-corrected chi connectivity index (χ3v) is 4.37. The van der Waals surface area contributed by atoms with Gasteiger partial charge in [-0.15, -0.1) is 11.8 Å². The van der Waals surface area contributed by atoms with Gasteiger partial charge in [0.25, 0.3) is 0 Å². The SMILES string of the molecule is CCOC1OC(=O)C2=C1CSC1C(N)C(=O)N21. The molecule has 1 fully saturated rings. The van der Waals surface area contributed by atoms with Crippen LogP contribution in [0.4, 0.5) is 0 Å². The van der Waals surface area contributed by atoms with E-state index in [-0.39, 0.29) is 11.3 Å². The van der Waals surface area contributed by atoms with E-state index in [0.717, 1.165) is 5.57 Å². The van der Waals surface area contributed by atoms with Crippen molar-refractivity contribution in [3.63, 3.8) is 0 Å². The lowest BCUT2D eigenvalue weighted by molar-refractivity contribution is -0.162. The summed E-state index contributed by atoms with van der Waals surface area (Å²) in [5, 5.41) is -0.130. The Labute approximate surface area is 102 Å². The van der Waals surface area contributed by atoms with Crippen LogP contribution in [0.3, 0.4) is 0 Å². The molecule has 0 aromatic rings. The fourth-order valence-electron chi connectivity index (χ4n) is 2.22. The minimum Gasteiger partial charge on any atom is -0.427 e. The van der Waals surface area contributed by atoms with Gasteiger partial charge in [-0.1, -0.05) is 0 Å². The van der Waals surface area contributed by atoms with E-state index < -0.39 is 18.3 Å². The number of rotatable bonds is 2. The Morgan fingerprint density at radius 1 is 1.59 bits per heavy atom. The number of hydrogen-bond acceptors (Lipinski definition) is 6. The van der Waals surface area contributed by atoms with E-state index in [1.165, 1.54) is 4.90 Å². The third kappa shape index (κ3) is 1.36. The molecule has 0 spiro atoms. The number of β-lactam (4-membered cyclic amide) rings is 1. The molecule has 2 N–H and O–H groups in total. The van der Waals surface area contributed by atoms with Crippen molar-refractivity contribution in [2.24, 2.45) is 5.73 Å². The number of carbonyl (C=O) groups is 2. The molecule has 3 rings (SSSR count). The van der Waals surface area contributed by atoms with Gasteiger partial charge in [0.2, 0.25) is 12.2 Å². The summed E-state index contributed by atoms with van der Waals surface area (Å²) in [5.74, 6) is -0.0822. The summed E-state index contributed by atoms with van der Waals surface area (Å²) >= 11 is 1.54. The van der Waals surface area contributed by atoms with Crippen LogP contribution >= 0.6 is 11.8 Å². The van der Waals surface area contributed by atoms with E-state index in [1.807, 2.05) is 6.92 Å². The molecule has 3 aliphatic heterocycles. The minimum atomic E-state index is -0.638. The standard InChI is InChI=1S/C10H12N2O4S/c1-2-15-10-4-3-17-8-5(11)7(13)12(8)6(4)9(14)16-10/h5,8,10H,2-3,11H2,1H3. The van der Waals surface area contributed by atoms with Crippen LogP contribution in [0.25, 0.3) is 0 Å². The molecular weight excluding hydrogens is 244 g/mol. The van der Waals surface area contributed by atoms with Crippen molar-refractivity contribution in [2.75, 3.05) is 12.4 Å². The molecule has 3 atom stereocenters. The lowest BCUT2D eigenvalue weighted by Crippen LogP contribution is -2.68. The van der Waals surface area contributed by atoms with Crippen LogP contribution in [-0.4, -0.2) is 46.8 Å². The molecule has 0 radical (unpaired) electrons. The number of fused-ring (bicyclic) bond motifs is 2. The van der Waals surface area contributed by atoms with E-state index in [1.54, 1.807) is 11.8 Å². The maximum atomic E-state index is 11.7. The number of nitrogens with zero attached hydrogens (tertiary/aromatic N) is 1. The van der Waals surface area contributed by atoms with Gasteiger partial charge in [-0.05, 0) is 6.92 Å². The second kappa shape index (κ2) is 3.72. The van der Waals surface area contributed by atoms with Crippen molar-refractivity contribution in [3.8, 4) is 0 Å². The normalized spacial score (nSPS) is 35.4. The summed E-state index contributed by atoms with van der Waals surface area (Å²) in [7, 11) is 0. The first kappa shape index (κ1) is 11.1. The average Bonchev–Trinajstić information content (AvgIpc) is 2.64. The number of amides is 1. The number of ether oxygens (including phenoxy) is 2. The number of esters is 1. The van der Waals surface area contributed by atoms with Gasteiger partial charge >= 0.3 is 5.97 Å². The molecular formula is C10H12N2O4S. The summed E-state index contributed by atoms with van der Waals surface area (Å²) in [5.41, 5.74) is 6.77. The molecule has 3 unspecified atom stereocenters. The summed E-state index contributed by atoms with van der Waals surface area (Å²) < 4.78 is 10.4. The van der Waals surface area contributed by atoms with Gasteiger partial charge < -0.3 is 15.2 Å². The number of carbonyl (C=O) groups excluding carboxylic acids is 2. The largest absolute Gasteiger partial charge is 0.427 e. The lowest BCUT2D eigenvalue weighted by atomic mass is 10.0. The van der Waals surface area contributed by atoms with Crippen LogP contribution in [0.2, 0.25) is 0 Å². The number of nitrogens with two attached hydrogens (primary N) is 1. The fourth-order valence-corrected chi connectivity index (χ4v) is 3.52. The Hall–Kier alpha value is -1.05. The molecule has 6 nitrogen and oxygen atoms in total. The van der Waals surface area contributed by atoms with Crippen molar-refractivity contribution in [1.82, 2.24) is 4.90 Å². The minimum absolute atomic E-state index is 0.130. The number of thioether (sulfide) groups is 1. The van der Waals surface area contributed by atoms with Crippen LogP contribution in [0.15, 0.2) is 11.3 Å². The Balaban J connectivity index is 1.94. The van der Waals surface area contributed by atoms with Crippen LogP contribution in [0, 0.1) is 0 Å². The summed E-state index contributed by atoms with van der Waals surface area (Å²) in [4.78, 5) is 24.8. The van der Waals surface area contributed by atoms with Crippen LogP contribution in [0.1, 0.15) is 6.92 Å². The van der Waals surface area contributed by atoms with Crippen LogP contribution in [-0.2, 0) is 19.1 Å². The van der Waals surface area contributed by atoms with E-state index in [0.29, 0.717) is 18.1 Å². The number of cyclic esters (lactones) is 1. The highest BCUT2D eigenvalue weighted by atomic mass is 32.2. The van der Waals surface area contributed by atoms with Crippen molar-refractivity contribution in [1.29, 1.82) is 0 Å². The van der Waals surface area contributed by atoms with Gasteiger partial charge in [0.15, 0.2) is 0 Å². The molecule has 92 valence electrons. The second-order valence-electron chi connectivity index (χ2n) is 4.00. The fraction of sp³-hybridized carbons (Fsp3) is 0.600. The van der Waals surface area contributed by atoms with Gasteiger partial charge in [-0.25, -0.2) is 4.79 Å². The van der Waals surface area contributed by atoms with Gasteiger partial charge in [0.05, 0.1) is 0 Å². The molecule has 3 aliphatic rings. The molecule has 0 aromatic carbocycles. The highest BCUT2D eigenvalue weighted by molar-refractivity contribution is 8.00. The zero-order chi connectivity index (χ0) is 12.2. The predicted octanol–water partition coefficient (Wildman–Crippen LogP) is -0.598. The monoisotopic (exact) mass is 256 g/mol. The van der Waals surface area contributed by atoms with E-state index in [4.69, 9.17) is 15.2 Å². The van der Waals surface area contributed by atoms with Crippen molar-refractivity contribution >= 4 is 23.6 Å². The smallest absolute Gasteiger partial charge is 0.357 e. The molecule has 3 heterocycles. The lowest BCUT2D eigenvalue weighted by Gasteiger charge is -2.46. The zero-order valence-corrected chi connectivity index (χ0v) is 10.0. The van der Waals surface area contributed by atoms with Gasteiger partial charge in [-0.3, -0.25) is 9.69 Å². The summed E-state index contributed by atoms with van der Waals surface area (Å²) in [6.07, 6.45) is -0.638. The van der Waals surface area contributed by atoms with E-state index in [9.17, 15) is 9.59 Å². The topological polar surface area (TPSA) is 81.9 Å². The average molecular weight is 256 g/mol. The Morgan fingerprint density at radius 3 is 3.06 bits per heavy atom. The maximum Gasteiger partial charge on any atom is 0.357 e. The molecule has 1 amide bonds. The summed E-state index contributed by atoms with van der Waals surface area (Å²) in [6.45, 7) is 2.28. The molecule has 0 bridgehead atoms. The Morgan fingerprint density at radius 2 is 2.35 bits per heavy atom. The molecule has 17 heavy (non-hydrogen) atoms. The zero-order valence-electron chi connectivity index (χ0n) is 9.21. The maximum absolute atomic E-state index is 11.7.